The van der Waals surface area contributed by atoms with E-state index in [-0.39, 0.29) is 0 Å². The summed E-state index contributed by atoms with van der Waals surface area (Å²) in [5.41, 5.74) is 0. The summed E-state index contributed by atoms with van der Waals surface area (Å²) in [6.07, 6.45) is 0.969. The molecule has 0 N–H and O–H groups in total. The van der Waals surface area contributed by atoms with Gasteiger partial charge >= 0.3 is 0 Å². The van der Waals surface area contributed by atoms with Crippen LogP contribution in [-0.2, 0) is 0 Å². The van der Waals surface area contributed by atoms with Crippen LogP contribution in [0.1, 0.15) is 13.3 Å². The molecule has 1 aromatic rings. The van der Waals surface area contributed by atoms with Crippen LogP contribution in [0.4, 0.5) is 0 Å². The molecule has 0 heterocycles. The average Bonchev–Trinajstić information content (AvgIpc) is 2.06. The van der Waals surface area contributed by atoms with Gasteiger partial charge < -0.3 is 4.84 Å². The normalized spacial score (nSPS) is 10.2. The fraction of sp³-hybridized carbons (Fsp3) is 0.333. The fourth-order valence-electron chi connectivity index (χ4n) is 0.817. The van der Waals surface area contributed by atoms with Crippen LogP contribution in [0.15, 0.2) is 30.3 Å². The van der Waals surface area contributed by atoms with Gasteiger partial charge in [0, 0.05) is 11.8 Å². The van der Waals surface area contributed by atoms with E-state index in [1.54, 1.807) is 0 Å². The molecule has 0 amide bonds. The molecule has 1 rings (SSSR count). The monoisotopic (exact) mass is 185 g/mol. The van der Waals surface area contributed by atoms with E-state index in [1.165, 1.54) is 4.58 Å². The number of hydrogen-bond acceptors (Lipinski definition) is 2. The van der Waals surface area contributed by atoms with Crippen molar-refractivity contribution in [2.75, 3.05) is 6.54 Å². The maximum atomic E-state index is 5.73. The van der Waals surface area contributed by atoms with Crippen LogP contribution in [0.2, 0.25) is 0 Å². The fourth-order valence-corrected chi connectivity index (χ4v) is 1.07. The highest BCUT2D eigenvalue weighted by molar-refractivity contribution is 6.12. The molecule has 2 nitrogen and oxygen atoms in total. The quantitative estimate of drug-likeness (QED) is 0.529. The van der Waals surface area contributed by atoms with E-state index >= 15 is 0 Å². The first kappa shape index (κ1) is 9.36. The standard InChI is InChI=1S/C9H12ClNO/c1-2-8-11(10)12-9-6-4-3-5-7-9/h3-7H,2,8H2,1H3. The summed E-state index contributed by atoms with van der Waals surface area (Å²) in [5, 5.41) is 0. The van der Waals surface area contributed by atoms with Crippen molar-refractivity contribution < 1.29 is 4.84 Å². The lowest BCUT2D eigenvalue weighted by atomic mass is 10.3. The van der Waals surface area contributed by atoms with Crippen LogP contribution in [0.5, 0.6) is 5.75 Å². The molecule has 0 aliphatic carbocycles. The van der Waals surface area contributed by atoms with Gasteiger partial charge in [0.15, 0.2) is 0 Å². The molecule has 0 aliphatic heterocycles. The highest BCUT2D eigenvalue weighted by atomic mass is 35.5. The maximum Gasteiger partial charge on any atom is 0.149 e. The number of nitrogens with zero attached hydrogens (tertiary/aromatic N) is 1. The zero-order chi connectivity index (χ0) is 8.81. The maximum absolute atomic E-state index is 5.73. The third-order valence-electron chi connectivity index (χ3n) is 1.35. The molecule has 0 unspecified atom stereocenters. The third-order valence-corrected chi connectivity index (χ3v) is 1.59. The lowest BCUT2D eigenvalue weighted by molar-refractivity contribution is 0.0394. The Kier molecular flexibility index (Phi) is 3.91. The summed E-state index contributed by atoms with van der Waals surface area (Å²) in [6.45, 7) is 2.76. The molecule has 1 aromatic carbocycles. The van der Waals surface area contributed by atoms with Crippen LogP contribution in [0.3, 0.4) is 0 Å². The molecule has 0 aliphatic rings. The van der Waals surface area contributed by atoms with Crippen LogP contribution in [0, 0.1) is 0 Å². The summed E-state index contributed by atoms with van der Waals surface area (Å²) in [4.78, 5) is 5.25. The van der Waals surface area contributed by atoms with Gasteiger partial charge in [-0.2, -0.15) is 0 Å². The van der Waals surface area contributed by atoms with Crippen LogP contribution < -0.4 is 4.84 Å². The Morgan fingerprint density at radius 2 is 2.00 bits per heavy atom. The van der Waals surface area contributed by atoms with Crippen LogP contribution in [-0.4, -0.2) is 11.1 Å². The highest BCUT2D eigenvalue weighted by Gasteiger charge is 1.99. The Morgan fingerprint density at radius 1 is 1.33 bits per heavy atom. The van der Waals surface area contributed by atoms with E-state index in [0.717, 1.165) is 18.7 Å². The second kappa shape index (κ2) is 5.01. The molecule has 0 radical (unpaired) electrons. The Morgan fingerprint density at radius 3 is 2.58 bits per heavy atom. The largest absolute Gasteiger partial charge is 0.391 e. The molecule has 66 valence electrons. The molecule has 0 atom stereocenters. The minimum atomic E-state index is 0.719. The van der Waals surface area contributed by atoms with E-state index < -0.39 is 0 Å². The molecule has 0 fully saturated rings. The number of hydroxylamine groups is 1. The van der Waals surface area contributed by atoms with Gasteiger partial charge in [0.25, 0.3) is 0 Å². The minimum Gasteiger partial charge on any atom is -0.391 e. The van der Waals surface area contributed by atoms with Crippen molar-refractivity contribution in [3.8, 4) is 5.75 Å². The molecular formula is C9H12ClNO. The average molecular weight is 186 g/mol. The Balaban J connectivity index is 2.41. The minimum absolute atomic E-state index is 0.719. The molecule has 0 spiro atoms. The van der Waals surface area contributed by atoms with Crippen molar-refractivity contribution in [2.24, 2.45) is 0 Å². The number of halogens is 1. The summed E-state index contributed by atoms with van der Waals surface area (Å²) in [6, 6.07) is 9.49. The van der Waals surface area contributed by atoms with Gasteiger partial charge in [-0.15, -0.1) is 0 Å². The van der Waals surface area contributed by atoms with Gasteiger partial charge in [0.05, 0.1) is 6.54 Å². The second-order valence-electron chi connectivity index (χ2n) is 2.45. The Hall–Kier alpha value is -0.730. The predicted molar refractivity (Wildman–Crippen MR) is 49.9 cm³/mol. The molecule has 0 aromatic heterocycles. The van der Waals surface area contributed by atoms with Crippen molar-refractivity contribution in [1.82, 2.24) is 4.58 Å². The Bertz CT molecular complexity index is 215. The summed E-state index contributed by atoms with van der Waals surface area (Å²) < 4.78 is 1.31. The topological polar surface area (TPSA) is 12.5 Å². The van der Waals surface area contributed by atoms with Crippen molar-refractivity contribution in [1.29, 1.82) is 0 Å². The third kappa shape index (κ3) is 3.11. The van der Waals surface area contributed by atoms with Gasteiger partial charge in [-0.25, -0.2) is 0 Å². The number of benzene rings is 1. The summed E-state index contributed by atoms with van der Waals surface area (Å²) in [7, 11) is 0. The van der Waals surface area contributed by atoms with Crippen LogP contribution in [0.25, 0.3) is 0 Å². The van der Waals surface area contributed by atoms with Crippen molar-refractivity contribution in [2.45, 2.75) is 13.3 Å². The highest BCUT2D eigenvalue weighted by Crippen LogP contribution is 2.11. The van der Waals surface area contributed by atoms with E-state index in [1.807, 2.05) is 37.3 Å². The van der Waals surface area contributed by atoms with Crippen LogP contribution >= 0.6 is 11.8 Å². The lowest BCUT2D eigenvalue weighted by Crippen LogP contribution is -2.17. The van der Waals surface area contributed by atoms with E-state index in [0.29, 0.717) is 0 Å². The number of hydrogen-bond donors (Lipinski definition) is 0. The number of rotatable bonds is 4. The SMILES string of the molecule is CCCN(Cl)Oc1ccccc1. The van der Waals surface area contributed by atoms with Gasteiger partial charge in [-0.05, 0) is 18.6 Å². The van der Waals surface area contributed by atoms with Gasteiger partial charge in [0.2, 0.25) is 0 Å². The van der Waals surface area contributed by atoms with Crippen molar-refractivity contribution in [3.05, 3.63) is 30.3 Å². The van der Waals surface area contributed by atoms with Crippen molar-refractivity contribution >= 4 is 11.8 Å². The van der Waals surface area contributed by atoms with Gasteiger partial charge in [0.1, 0.15) is 5.75 Å². The summed E-state index contributed by atoms with van der Waals surface area (Å²) >= 11 is 5.73. The number of para-hydroxylation sites is 1. The van der Waals surface area contributed by atoms with E-state index in [4.69, 9.17) is 16.6 Å². The molecule has 0 saturated carbocycles. The van der Waals surface area contributed by atoms with E-state index in [2.05, 4.69) is 0 Å². The predicted octanol–water partition coefficient (Wildman–Crippen LogP) is 2.85. The first-order valence-electron chi connectivity index (χ1n) is 3.99. The molecule has 3 heteroatoms. The Labute approximate surface area is 77.8 Å². The first-order chi connectivity index (χ1) is 5.83. The smallest absolute Gasteiger partial charge is 0.149 e. The molecule has 0 bridgehead atoms. The zero-order valence-corrected chi connectivity index (χ0v) is 7.79. The van der Waals surface area contributed by atoms with Gasteiger partial charge in [-0.3, -0.25) is 0 Å². The zero-order valence-electron chi connectivity index (χ0n) is 7.03. The molecular weight excluding hydrogens is 174 g/mol. The van der Waals surface area contributed by atoms with Crippen molar-refractivity contribution in [3.63, 3.8) is 0 Å². The summed E-state index contributed by atoms with van der Waals surface area (Å²) in [5.74, 6) is 0.765. The second-order valence-corrected chi connectivity index (χ2v) is 2.82. The molecule has 0 saturated heterocycles. The molecule has 12 heavy (non-hydrogen) atoms. The first-order valence-corrected chi connectivity index (χ1v) is 4.33. The van der Waals surface area contributed by atoms with E-state index in [9.17, 15) is 0 Å². The lowest BCUT2D eigenvalue weighted by Gasteiger charge is -2.12. The van der Waals surface area contributed by atoms with Gasteiger partial charge in [-0.1, -0.05) is 29.7 Å².